The second kappa shape index (κ2) is 4.25. The summed E-state index contributed by atoms with van der Waals surface area (Å²) < 4.78 is 28.2. The Morgan fingerprint density at radius 2 is 2.07 bits per heavy atom. The average Bonchev–Trinajstić information content (AvgIpc) is 2.12. The van der Waals surface area contributed by atoms with Crippen LogP contribution in [0.5, 0.6) is 5.75 Å². The van der Waals surface area contributed by atoms with Crippen LogP contribution in [0, 0.1) is 6.92 Å². The van der Waals surface area contributed by atoms with Crippen LogP contribution in [0.25, 0.3) is 0 Å². The maximum Gasteiger partial charge on any atom is 0.387 e. The van der Waals surface area contributed by atoms with Gasteiger partial charge in [-0.1, -0.05) is 0 Å². The zero-order valence-corrected chi connectivity index (χ0v) is 8.38. The third kappa shape index (κ3) is 2.43. The molecule has 0 aromatic heterocycles. The first-order valence-electron chi connectivity index (χ1n) is 4.28. The molecule has 82 valence electrons. The molecule has 0 radical (unpaired) electrons. The number of ether oxygens (including phenoxy) is 1. The molecule has 3 nitrogen and oxygen atoms in total. The number of halogens is 2. The number of ketones is 1. The fourth-order valence-corrected chi connectivity index (χ4v) is 1.24. The van der Waals surface area contributed by atoms with Crippen molar-refractivity contribution < 1.29 is 18.3 Å². The number of nitrogen functional groups attached to an aromatic ring is 1. The van der Waals surface area contributed by atoms with Crippen molar-refractivity contribution in [2.24, 2.45) is 0 Å². The van der Waals surface area contributed by atoms with Crippen LogP contribution in [0.1, 0.15) is 22.8 Å². The number of anilines is 1. The zero-order valence-electron chi connectivity index (χ0n) is 8.38. The number of alkyl halides is 2. The third-order valence-electron chi connectivity index (χ3n) is 2.06. The number of benzene rings is 1. The molecule has 0 unspecified atom stereocenters. The van der Waals surface area contributed by atoms with Crippen molar-refractivity contribution in [1.29, 1.82) is 0 Å². The molecule has 0 saturated heterocycles. The first-order valence-corrected chi connectivity index (χ1v) is 4.28. The fourth-order valence-electron chi connectivity index (χ4n) is 1.24. The summed E-state index contributed by atoms with van der Waals surface area (Å²) in [5, 5.41) is 0. The summed E-state index contributed by atoms with van der Waals surface area (Å²) in [7, 11) is 0. The van der Waals surface area contributed by atoms with E-state index in [-0.39, 0.29) is 17.2 Å². The number of rotatable bonds is 3. The fraction of sp³-hybridized carbons (Fsp3) is 0.300. The zero-order chi connectivity index (χ0) is 11.6. The summed E-state index contributed by atoms with van der Waals surface area (Å²) in [6.07, 6.45) is 0. The van der Waals surface area contributed by atoms with E-state index in [0.29, 0.717) is 11.1 Å². The number of carbonyl (C=O) groups is 1. The van der Waals surface area contributed by atoms with E-state index in [9.17, 15) is 13.6 Å². The highest BCUT2D eigenvalue weighted by atomic mass is 19.3. The summed E-state index contributed by atoms with van der Waals surface area (Å²) in [5.74, 6) is -0.216. The molecule has 0 heterocycles. The minimum Gasteiger partial charge on any atom is -0.434 e. The van der Waals surface area contributed by atoms with Crippen LogP contribution in [0.3, 0.4) is 0 Å². The number of hydrogen-bond acceptors (Lipinski definition) is 3. The molecule has 1 rings (SSSR count). The van der Waals surface area contributed by atoms with E-state index in [4.69, 9.17) is 5.73 Å². The van der Waals surface area contributed by atoms with Gasteiger partial charge in [0.1, 0.15) is 5.75 Å². The van der Waals surface area contributed by atoms with Crippen molar-refractivity contribution >= 4 is 11.5 Å². The standard InChI is InChI=1S/C10H11F2NO2/c1-5-8(15-10(11)12)4-3-7(6(2)14)9(5)13/h3-4,10H,13H2,1-2H3. The van der Waals surface area contributed by atoms with Gasteiger partial charge >= 0.3 is 6.61 Å². The molecule has 0 saturated carbocycles. The second-order valence-corrected chi connectivity index (χ2v) is 3.08. The highest BCUT2D eigenvalue weighted by molar-refractivity contribution is 6.00. The Bertz CT molecular complexity index is 391. The summed E-state index contributed by atoms with van der Waals surface area (Å²) in [6.45, 7) is -0.00980. The van der Waals surface area contributed by atoms with Crippen LogP contribution in [-0.4, -0.2) is 12.4 Å². The smallest absolute Gasteiger partial charge is 0.387 e. The Kier molecular flexibility index (Phi) is 3.24. The van der Waals surface area contributed by atoms with Gasteiger partial charge in [0, 0.05) is 16.8 Å². The Morgan fingerprint density at radius 1 is 1.47 bits per heavy atom. The molecule has 0 bridgehead atoms. The van der Waals surface area contributed by atoms with Gasteiger partial charge < -0.3 is 10.5 Å². The van der Waals surface area contributed by atoms with Crippen LogP contribution in [0.15, 0.2) is 12.1 Å². The van der Waals surface area contributed by atoms with Gasteiger partial charge in [-0.2, -0.15) is 8.78 Å². The van der Waals surface area contributed by atoms with Crippen LogP contribution in [0.4, 0.5) is 14.5 Å². The van der Waals surface area contributed by atoms with Gasteiger partial charge in [0.2, 0.25) is 0 Å². The lowest BCUT2D eigenvalue weighted by molar-refractivity contribution is -0.0502. The molecular weight excluding hydrogens is 204 g/mol. The minimum atomic E-state index is -2.90. The lowest BCUT2D eigenvalue weighted by Crippen LogP contribution is -2.07. The van der Waals surface area contributed by atoms with Crippen LogP contribution < -0.4 is 10.5 Å². The van der Waals surface area contributed by atoms with Gasteiger partial charge in [0.05, 0.1) is 0 Å². The molecule has 0 aliphatic carbocycles. The number of hydrogen-bond donors (Lipinski definition) is 1. The van der Waals surface area contributed by atoms with E-state index in [1.807, 2.05) is 0 Å². The van der Waals surface area contributed by atoms with E-state index in [0.717, 1.165) is 0 Å². The van der Waals surface area contributed by atoms with Crippen molar-refractivity contribution in [3.63, 3.8) is 0 Å². The van der Waals surface area contributed by atoms with Crippen molar-refractivity contribution in [1.82, 2.24) is 0 Å². The van der Waals surface area contributed by atoms with Crippen molar-refractivity contribution in [2.75, 3.05) is 5.73 Å². The molecular formula is C10H11F2NO2. The molecule has 1 aromatic rings. The second-order valence-electron chi connectivity index (χ2n) is 3.08. The molecule has 15 heavy (non-hydrogen) atoms. The summed E-state index contributed by atoms with van der Waals surface area (Å²) in [6, 6.07) is 2.69. The van der Waals surface area contributed by atoms with Crippen LogP contribution in [0.2, 0.25) is 0 Å². The highest BCUT2D eigenvalue weighted by Crippen LogP contribution is 2.28. The predicted molar refractivity (Wildman–Crippen MR) is 52.2 cm³/mol. The predicted octanol–water partition coefficient (Wildman–Crippen LogP) is 2.38. The topological polar surface area (TPSA) is 52.3 Å². The van der Waals surface area contributed by atoms with Gasteiger partial charge in [-0.05, 0) is 26.0 Å². The molecule has 0 aliphatic heterocycles. The van der Waals surface area contributed by atoms with E-state index in [2.05, 4.69) is 4.74 Å². The third-order valence-corrected chi connectivity index (χ3v) is 2.06. The van der Waals surface area contributed by atoms with E-state index >= 15 is 0 Å². The van der Waals surface area contributed by atoms with Gasteiger partial charge in [-0.15, -0.1) is 0 Å². The Hall–Kier alpha value is -1.65. The summed E-state index contributed by atoms with van der Waals surface area (Å²) in [5.41, 5.74) is 6.46. The normalized spacial score (nSPS) is 10.5. The lowest BCUT2D eigenvalue weighted by atomic mass is 10.0. The van der Waals surface area contributed by atoms with E-state index in [1.54, 1.807) is 0 Å². The van der Waals surface area contributed by atoms with Gasteiger partial charge in [-0.3, -0.25) is 4.79 Å². The van der Waals surface area contributed by atoms with Crippen molar-refractivity contribution in [3.8, 4) is 5.75 Å². The minimum absolute atomic E-state index is 0.00694. The first kappa shape index (κ1) is 11.4. The van der Waals surface area contributed by atoms with Crippen LogP contribution in [-0.2, 0) is 0 Å². The molecule has 0 atom stereocenters. The largest absolute Gasteiger partial charge is 0.434 e. The average molecular weight is 215 g/mol. The SMILES string of the molecule is CC(=O)c1ccc(OC(F)F)c(C)c1N. The number of nitrogens with two attached hydrogens (primary N) is 1. The Morgan fingerprint density at radius 3 is 2.53 bits per heavy atom. The summed E-state index contributed by atoms with van der Waals surface area (Å²) >= 11 is 0. The molecule has 0 aliphatic rings. The van der Waals surface area contributed by atoms with Crippen LogP contribution >= 0.6 is 0 Å². The monoisotopic (exact) mass is 215 g/mol. The van der Waals surface area contributed by atoms with Gasteiger partial charge in [0.15, 0.2) is 5.78 Å². The van der Waals surface area contributed by atoms with Gasteiger partial charge in [0.25, 0.3) is 0 Å². The van der Waals surface area contributed by atoms with Crippen molar-refractivity contribution in [2.45, 2.75) is 20.5 Å². The molecule has 2 N–H and O–H groups in total. The molecule has 5 heteroatoms. The molecule has 1 aromatic carbocycles. The quantitative estimate of drug-likeness (QED) is 0.622. The maximum atomic E-state index is 12.0. The van der Waals surface area contributed by atoms with E-state index < -0.39 is 6.61 Å². The highest BCUT2D eigenvalue weighted by Gasteiger charge is 2.13. The number of Topliss-reactive ketones (excluding diaryl/α,β-unsaturated/α-hetero) is 1. The summed E-state index contributed by atoms with van der Waals surface area (Å²) in [4.78, 5) is 11.1. The van der Waals surface area contributed by atoms with Crippen molar-refractivity contribution in [3.05, 3.63) is 23.3 Å². The maximum absolute atomic E-state index is 12.0. The van der Waals surface area contributed by atoms with Gasteiger partial charge in [-0.25, -0.2) is 0 Å². The Labute approximate surface area is 85.8 Å². The molecule has 0 amide bonds. The number of carbonyl (C=O) groups excluding carboxylic acids is 1. The van der Waals surface area contributed by atoms with E-state index in [1.165, 1.54) is 26.0 Å². The lowest BCUT2D eigenvalue weighted by Gasteiger charge is -2.11. The Balaban J connectivity index is 3.15. The molecule has 0 spiro atoms. The first-order chi connectivity index (χ1) is 6.93. The molecule has 0 fully saturated rings.